The normalized spacial score (nSPS) is 31.2. The van der Waals surface area contributed by atoms with Crippen LogP contribution in [0.5, 0.6) is 0 Å². The lowest BCUT2D eigenvalue weighted by Crippen LogP contribution is -2.30. The SMILES string of the molecule is Cc1ncnc2c1ncn2C1OC(CO)C(O)C1F. The Morgan fingerprint density at radius 2 is 2.21 bits per heavy atom. The van der Waals surface area contributed by atoms with Crippen molar-refractivity contribution in [3.8, 4) is 0 Å². The fourth-order valence-corrected chi connectivity index (χ4v) is 2.23. The molecular formula is C11H13FN4O3. The molecule has 3 heterocycles. The van der Waals surface area contributed by atoms with Crippen molar-refractivity contribution >= 4 is 11.2 Å². The fraction of sp³-hybridized carbons (Fsp3) is 0.545. The van der Waals surface area contributed by atoms with Gasteiger partial charge in [-0.15, -0.1) is 0 Å². The molecular weight excluding hydrogens is 255 g/mol. The number of hydrogen-bond donors (Lipinski definition) is 2. The van der Waals surface area contributed by atoms with E-state index >= 15 is 0 Å². The number of fused-ring (bicyclic) bond motifs is 1. The Balaban J connectivity index is 2.04. The molecule has 0 spiro atoms. The second-order valence-electron chi connectivity index (χ2n) is 4.47. The molecule has 1 saturated heterocycles. The van der Waals surface area contributed by atoms with E-state index in [-0.39, 0.29) is 0 Å². The summed E-state index contributed by atoms with van der Waals surface area (Å²) < 4.78 is 20.8. The molecule has 0 aromatic carbocycles. The highest BCUT2D eigenvalue weighted by Crippen LogP contribution is 2.33. The summed E-state index contributed by atoms with van der Waals surface area (Å²) in [5.74, 6) is 0. The predicted octanol–water partition coefficient (Wildman–Crippen LogP) is -0.277. The van der Waals surface area contributed by atoms with E-state index in [1.54, 1.807) is 6.92 Å². The maximum Gasteiger partial charge on any atom is 0.173 e. The van der Waals surface area contributed by atoms with E-state index in [1.807, 2.05) is 0 Å². The summed E-state index contributed by atoms with van der Waals surface area (Å²) in [7, 11) is 0. The first-order valence-corrected chi connectivity index (χ1v) is 5.86. The largest absolute Gasteiger partial charge is 0.394 e. The van der Waals surface area contributed by atoms with Crippen LogP contribution in [0.2, 0.25) is 0 Å². The summed E-state index contributed by atoms with van der Waals surface area (Å²) in [6.07, 6.45) is -2.25. The number of nitrogens with zero attached hydrogens (tertiary/aromatic N) is 4. The van der Waals surface area contributed by atoms with Gasteiger partial charge in [-0.25, -0.2) is 19.3 Å². The van der Waals surface area contributed by atoms with Crippen LogP contribution in [0, 0.1) is 6.92 Å². The van der Waals surface area contributed by atoms with Crippen LogP contribution in [0.25, 0.3) is 11.2 Å². The number of hydrogen-bond acceptors (Lipinski definition) is 6. The number of rotatable bonds is 2. The summed E-state index contributed by atoms with van der Waals surface area (Å²) >= 11 is 0. The molecule has 0 aliphatic carbocycles. The van der Waals surface area contributed by atoms with E-state index in [0.29, 0.717) is 16.9 Å². The molecule has 8 heteroatoms. The first-order chi connectivity index (χ1) is 9.13. The Kier molecular flexibility index (Phi) is 2.92. The zero-order valence-corrected chi connectivity index (χ0v) is 10.1. The van der Waals surface area contributed by atoms with Crippen LogP contribution in [0.4, 0.5) is 4.39 Å². The van der Waals surface area contributed by atoms with Crippen LogP contribution in [0.15, 0.2) is 12.7 Å². The van der Waals surface area contributed by atoms with Gasteiger partial charge in [0.1, 0.15) is 24.1 Å². The molecule has 19 heavy (non-hydrogen) atoms. The topological polar surface area (TPSA) is 93.3 Å². The Labute approximate surface area is 107 Å². The molecule has 2 aromatic rings. The van der Waals surface area contributed by atoms with Gasteiger partial charge in [-0.05, 0) is 6.92 Å². The molecule has 1 aliphatic heterocycles. The summed E-state index contributed by atoms with van der Waals surface area (Å²) in [5, 5.41) is 18.7. The minimum absolute atomic E-state index is 0.436. The molecule has 0 radical (unpaired) electrons. The van der Waals surface area contributed by atoms with Gasteiger partial charge in [0.2, 0.25) is 0 Å². The van der Waals surface area contributed by atoms with Gasteiger partial charge in [-0.3, -0.25) is 4.57 Å². The molecule has 2 aromatic heterocycles. The van der Waals surface area contributed by atoms with Gasteiger partial charge in [-0.1, -0.05) is 0 Å². The minimum Gasteiger partial charge on any atom is -0.394 e. The van der Waals surface area contributed by atoms with Crippen LogP contribution >= 0.6 is 0 Å². The number of ether oxygens (including phenoxy) is 1. The molecule has 4 atom stereocenters. The Hall–Kier alpha value is -1.64. The maximum absolute atomic E-state index is 14.0. The minimum atomic E-state index is -1.65. The van der Waals surface area contributed by atoms with Crippen molar-refractivity contribution in [3.05, 3.63) is 18.3 Å². The van der Waals surface area contributed by atoms with Crippen molar-refractivity contribution in [2.45, 2.75) is 31.5 Å². The van der Waals surface area contributed by atoms with E-state index < -0.39 is 31.2 Å². The van der Waals surface area contributed by atoms with Crippen molar-refractivity contribution in [1.82, 2.24) is 19.5 Å². The van der Waals surface area contributed by atoms with Crippen LogP contribution < -0.4 is 0 Å². The predicted molar refractivity (Wildman–Crippen MR) is 62.0 cm³/mol. The molecule has 102 valence electrons. The molecule has 4 unspecified atom stereocenters. The average Bonchev–Trinajstić information content (AvgIpc) is 2.94. The summed E-state index contributed by atoms with van der Waals surface area (Å²) in [4.78, 5) is 12.2. The molecule has 0 amide bonds. The first kappa shape index (κ1) is 12.4. The number of imidazole rings is 1. The second kappa shape index (κ2) is 4.48. The van der Waals surface area contributed by atoms with Gasteiger partial charge in [0.15, 0.2) is 18.0 Å². The van der Waals surface area contributed by atoms with Gasteiger partial charge in [0, 0.05) is 0 Å². The van der Waals surface area contributed by atoms with Crippen molar-refractivity contribution < 1.29 is 19.3 Å². The molecule has 2 N–H and O–H groups in total. The molecule has 0 bridgehead atoms. The van der Waals surface area contributed by atoms with Gasteiger partial charge < -0.3 is 14.9 Å². The van der Waals surface area contributed by atoms with E-state index in [4.69, 9.17) is 9.84 Å². The highest BCUT2D eigenvalue weighted by Gasteiger charge is 2.45. The lowest BCUT2D eigenvalue weighted by Gasteiger charge is -2.14. The smallest absolute Gasteiger partial charge is 0.173 e. The Morgan fingerprint density at radius 3 is 2.89 bits per heavy atom. The van der Waals surface area contributed by atoms with Crippen molar-refractivity contribution in [3.63, 3.8) is 0 Å². The molecule has 7 nitrogen and oxygen atoms in total. The van der Waals surface area contributed by atoms with E-state index in [2.05, 4.69) is 15.0 Å². The van der Waals surface area contributed by atoms with Crippen molar-refractivity contribution in [2.24, 2.45) is 0 Å². The van der Waals surface area contributed by atoms with E-state index in [1.165, 1.54) is 17.2 Å². The number of aromatic nitrogens is 4. The molecule has 1 fully saturated rings. The Bertz CT molecular complexity index is 605. The third-order valence-electron chi connectivity index (χ3n) is 3.29. The number of aliphatic hydroxyl groups excluding tert-OH is 2. The van der Waals surface area contributed by atoms with Crippen molar-refractivity contribution in [2.75, 3.05) is 6.61 Å². The maximum atomic E-state index is 14.0. The number of aryl methyl sites for hydroxylation is 1. The van der Waals surface area contributed by atoms with Gasteiger partial charge >= 0.3 is 0 Å². The van der Waals surface area contributed by atoms with Crippen LogP contribution in [0.3, 0.4) is 0 Å². The van der Waals surface area contributed by atoms with Crippen LogP contribution in [-0.4, -0.2) is 54.7 Å². The molecule has 3 rings (SSSR count). The summed E-state index contributed by atoms with van der Waals surface area (Å²) in [6.45, 7) is 1.33. The standard InChI is InChI=1S/C11H13FN4O3/c1-5-8-10(14-3-13-5)16(4-15-8)11-7(12)9(18)6(2-17)19-11/h3-4,6-7,9,11,17-18H,2H2,1H3. The van der Waals surface area contributed by atoms with Crippen molar-refractivity contribution in [1.29, 1.82) is 0 Å². The third-order valence-corrected chi connectivity index (χ3v) is 3.29. The van der Waals surface area contributed by atoms with Gasteiger partial charge in [0.25, 0.3) is 0 Å². The van der Waals surface area contributed by atoms with E-state index in [0.717, 1.165) is 0 Å². The highest BCUT2D eigenvalue weighted by atomic mass is 19.1. The van der Waals surface area contributed by atoms with Crippen LogP contribution in [-0.2, 0) is 4.74 Å². The monoisotopic (exact) mass is 268 g/mol. The first-order valence-electron chi connectivity index (χ1n) is 5.86. The number of alkyl halides is 1. The summed E-state index contributed by atoms with van der Waals surface area (Å²) in [5.41, 5.74) is 1.67. The zero-order valence-electron chi connectivity index (χ0n) is 10.1. The molecule has 1 aliphatic rings. The zero-order chi connectivity index (χ0) is 13.6. The summed E-state index contributed by atoms with van der Waals surface area (Å²) in [6, 6.07) is 0. The fourth-order valence-electron chi connectivity index (χ4n) is 2.23. The molecule has 0 saturated carbocycles. The number of aliphatic hydroxyl groups is 2. The lowest BCUT2D eigenvalue weighted by atomic mass is 10.1. The Morgan fingerprint density at radius 1 is 1.42 bits per heavy atom. The lowest BCUT2D eigenvalue weighted by molar-refractivity contribution is -0.0459. The number of halogens is 1. The second-order valence-corrected chi connectivity index (χ2v) is 4.47. The highest BCUT2D eigenvalue weighted by molar-refractivity contribution is 5.72. The van der Waals surface area contributed by atoms with Gasteiger partial charge in [0.05, 0.1) is 18.6 Å². The average molecular weight is 268 g/mol. The van der Waals surface area contributed by atoms with Gasteiger partial charge in [-0.2, -0.15) is 0 Å². The quantitative estimate of drug-likeness (QED) is 0.778. The van der Waals surface area contributed by atoms with E-state index in [9.17, 15) is 9.50 Å². The third kappa shape index (κ3) is 1.79. The van der Waals surface area contributed by atoms with Crippen LogP contribution in [0.1, 0.15) is 11.9 Å².